The summed E-state index contributed by atoms with van der Waals surface area (Å²) in [5.41, 5.74) is 0.473. The van der Waals surface area contributed by atoms with Gasteiger partial charge in [-0.1, -0.05) is 13.0 Å². The quantitative estimate of drug-likeness (QED) is 0.685. The highest BCUT2D eigenvalue weighted by atomic mass is 16.5. The van der Waals surface area contributed by atoms with Crippen molar-refractivity contribution >= 4 is 5.91 Å². The maximum absolute atomic E-state index is 11.9. The fraction of sp³-hybridized carbons (Fsp3) is 0.786. The molecule has 0 N–H and O–H groups in total. The summed E-state index contributed by atoms with van der Waals surface area (Å²) in [6.07, 6.45) is 7.68. The van der Waals surface area contributed by atoms with E-state index in [1.165, 1.54) is 25.3 Å². The van der Waals surface area contributed by atoms with Gasteiger partial charge >= 0.3 is 0 Å². The molecule has 2 saturated heterocycles. The monoisotopic (exact) mass is 235 g/mol. The minimum Gasteiger partial charge on any atom is -0.381 e. The Labute approximate surface area is 103 Å². The van der Waals surface area contributed by atoms with Crippen LogP contribution in [0.1, 0.15) is 32.1 Å². The van der Waals surface area contributed by atoms with Crippen molar-refractivity contribution in [2.45, 2.75) is 38.1 Å². The highest BCUT2D eigenvalue weighted by molar-refractivity contribution is 5.88. The largest absolute Gasteiger partial charge is 0.381 e. The molecule has 0 radical (unpaired) electrons. The van der Waals surface area contributed by atoms with E-state index < -0.39 is 0 Å². The first-order valence-corrected chi connectivity index (χ1v) is 6.78. The third-order valence-electron chi connectivity index (χ3n) is 4.97. The zero-order chi connectivity index (χ0) is 11.9. The Bertz CT molecular complexity index is 329. The Morgan fingerprint density at radius 3 is 2.59 bits per heavy atom. The highest BCUT2D eigenvalue weighted by Gasteiger charge is 2.59. The van der Waals surface area contributed by atoms with Crippen molar-refractivity contribution in [2.24, 2.45) is 11.3 Å². The summed E-state index contributed by atoms with van der Waals surface area (Å²) in [5.74, 6) is 0.778. The molecule has 0 aromatic rings. The van der Waals surface area contributed by atoms with Crippen LogP contribution in [-0.2, 0) is 9.53 Å². The van der Waals surface area contributed by atoms with Crippen LogP contribution in [0.15, 0.2) is 12.7 Å². The molecule has 1 amide bonds. The van der Waals surface area contributed by atoms with Gasteiger partial charge in [0, 0.05) is 31.2 Å². The third-order valence-corrected chi connectivity index (χ3v) is 4.97. The van der Waals surface area contributed by atoms with Gasteiger partial charge in [-0.2, -0.15) is 0 Å². The molecular formula is C14H21NO2. The van der Waals surface area contributed by atoms with Gasteiger partial charge in [0.2, 0.25) is 5.91 Å². The second-order valence-corrected chi connectivity index (χ2v) is 5.78. The topological polar surface area (TPSA) is 29.5 Å². The minimum absolute atomic E-state index is 0.124. The second-order valence-electron chi connectivity index (χ2n) is 5.78. The maximum atomic E-state index is 11.9. The van der Waals surface area contributed by atoms with Crippen LogP contribution in [-0.4, -0.2) is 36.6 Å². The number of rotatable bonds is 2. The lowest BCUT2D eigenvalue weighted by Crippen LogP contribution is -2.71. The molecular weight excluding hydrogens is 214 g/mol. The molecule has 17 heavy (non-hydrogen) atoms. The molecule has 3 heteroatoms. The van der Waals surface area contributed by atoms with Crippen LogP contribution >= 0.6 is 0 Å². The Morgan fingerprint density at radius 1 is 1.35 bits per heavy atom. The number of hydrogen-bond donors (Lipinski definition) is 0. The van der Waals surface area contributed by atoms with Crippen LogP contribution in [0, 0.1) is 11.3 Å². The average Bonchev–Trinajstić information content (AvgIpc) is 2.27. The van der Waals surface area contributed by atoms with Crippen molar-refractivity contribution in [3.63, 3.8) is 0 Å². The Hall–Kier alpha value is -0.830. The average molecular weight is 235 g/mol. The summed E-state index contributed by atoms with van der Waals surface area (Å²) in [6, 6.07) is 0.477. The van der Waals surface area contributed by atoms with Gasteiger partial charge in [-0.15, -0.1) is 0 Å². The van der Waals surface area contributed by atoms with Crippen LogP contribution in [0.4, 0.5) is 0 Å². The summed E-state index contributed by atoms with van der Waals surface area (Å²) < 4.78 is 5.44. The number of hydrogen-bond acceptors (Lipinski definition) is 2. The molecule has 1 aliphatic carbocycles. The van der Waals surface area contributed by atoms with Gasteiger partial charge in [0.1, 0.15) is 0 Å². The van der Waals surface area contributed by atoms with Crippen LogP contribution in [0.3, 0.4) is 0 Å². The molecule has 1 atom stereocenters. The Morgan fingerprint density at radius 2 is 2.06 bits per heavy atom. The summed E-state index contributed by atoms with van der Waals surface area (Å²) in [6.45, 7) is 6.33. The molecule has 3 rings (SSSR count). The SMILES string of the molecule is C=CC(=O)N1CC2(CCC2)C1C1CCOCC1. The first-order valence-electron chi connectivity index (χ1n) is 6.78. The Kier molecular flexibility index (Phi) is 2.74. The molecule has 0 aromatic carbocycles. The lowest BCUT2D eigenvalue weighted by atomic mass is 9.54. The van der Waals surface area contributed by atoms with Crippen LogP contribution in [0.25, 0.3) is 0 Å². The lowest BCUT2D eigenvalue weighted by Gasteiger charge is -2.65. The van der Waals surface area contributed by atoms with E-state index in [1.807, 2.05) is 0 Å². The van der Waals surface area contributed by atoms with Crippen LogP contribution in [0.2, 0.25) is 0 Å². The molecule has 0 bridgehead atoms. The van der Waals surface area contributed by atoms with Crippen LogP contribution in [0.5, 0.6) is 0 Å². The van der Waals surface area contributed by atoms with Gasteiger partial charge in [0.05, 0.1) is 0 Å². The predicted octanol–water partition coefficient (Wildman–Crippen LogP) is 1.98. The van der Waals surface area contributed by atoms with E-state index in [2.05, 4.69) is 11.5 Å². The second kappa shape index (κ2) is 4.13. The van der Waals surface area contributed by atoms with E-state index in [0.717, 1.165) is 32.6 Å². The van der Waals surface area contributed by atoms with Gasteiger partial charge in [-0.25, -0.2) is 0 Å². The van der Waals surface area contributed by atoms with E-state index >= 15 is 0 Å². The van der Waals surface area contributed by atoms with Crippen molar-refractivity contribution in [2.75, 3.05) is 19.8 Å². The zero-order valence-corrected chi connectivity index (χ0v) is 10.4. The molecule has 1 spiro atoms. The maximum Gasteiger partial charge on any atom is 0.246 e. The number of ether oxygens (including phenoxy) is 1. The van der Waals surface area contributed by atoms with Crippen molar-refractivity contribution in [3.05, 3.63) is 12.7 Å². The number of carbonyl (C=O) groups is 1. The minimum atomic E-state index is 0.124. The first kappa shape index (κ1) is 11.3. The van der Waals surface area contributed by atoms with Crippen LogP contribution < -0.4 is 0 Å². The Balaban J connectivity index is 1.75. The molecule has 1 unspecified atom stereocenters. The fourth-order valence-electron chi connectivity index (χ4n) is 3.95. The van der Waals surface area contributed by atoms with Crippen molar-refractivity contribution in [3.8, 4) is 0 Å². The molecule has 3 aliphatic rings. The predicted molar refractivity (Wildman–Crippen MR) is 65.5 cm³/mol. The van der Waals surface area contributed by atoms with E-state index in [9.17, 15) is 4.79 Å². The summed E-state index contributed by atoms with van der Waals surface area (Å²) in [4.78, 5) is 13.9. The van der Waals surface area contributed by atoms with Crippen molar-refractivity contribution in [1.82, 2.24) is 4.90 Å². The van der Waals surface area contributed by atoms with E-state index in [-0.39, 0.29) is 5.91 Å². The van der Waals surface area contributed by atoms with Gasteiger partial charge < -0.3 is 9.64 Å². The molecule has 2 aliphatic heterocycles. The lowest BCUT2D eigenvalue weighted by molar-refractivity contribution is -0.178. The number of carbonyl (C=O) groups excluding carboxylic acids is 1. The van der Waals surface area contributed by atoms with Gasteiger partial charge in [0.15, 0.2) is 0 Å². The summed E-state index contributed by atoms with van der Waals surface area (Å²) in [5, 5.41) is 0. The molecule has 1 saturated carbocycles. The fourth-order valence-corrected chi connectivity index (χ4v) is 3.95. The number of amides is 1. The number of nitrogens with zero attached hydrogens (tertiary/aromatic N) is 1. The molecule has 0 aromatic heterocycles. The van der Waals surface area contributed by atoms with E-state index in [0.29, 0.717) is 17.4 Å². The zero-order valence-electron chi connectivity index (χ0n) is 10.4. The standard InChI is InChI=1S/C14H21NO2/c1-2-12(16)15-10-14(6-3-7-14)13(15)11-4-8-17-9-5-11/h2,11,13H,1,3-10H2. The first-order chi connectivity index (χ1) is 8.27. The summed E-state index contributed by atoms with van der Waals surface area (Å²) in [7, 11) is 0. The number of likely N-dealkylation sites (tertiary alicyclic amines) is 1. The normalized spacial score (nSPS) is 31.8. The van der Waals surface area contributed by atoms with E-state index in [1.54, 1.807) is 0 Å². The molecule has 94 valence electrons. The van der Waals surface area contributed by atoms with Gasteiger partial charge in [-0.05, 0) is 37.7 Å². The van der Waals surface area contributed by atoms with Crippen molar-refractivity contribution in [1.29, 1.82) is 0 Å². The van der Waals surface area contributed by atoms with Gasteiger partial charge in [0.25, 0.3) is 0 Å². The third kappa shape index (κ3) is 1.63. The smallest absolute Gasteiger partial charge is 0.246 e. The molecule has 2 heterocycles. The summed E-state index contributed by atoms with van der Waals surface area (Å²) >= 11 is 0. The molecule has 3 fully saturated rings. The highest BCUT2D eigenvalue weighted by Crippen LogP contribution is 2.56. The van der Waals surface area contributed by atoms with Crippen molar-refractivity contribution < 1.29 is 9.53 Å². The molecule has 3 nitrogen and oxygen atoms in total. The van der Waals surface area contributed by atoms with Gasteiger partial charge in [-0.3, -0.25) is 4.79 Å². The van der Waals surface area contributed by atoms with E-state index in [4.69, 9.17) is 4.74 Å².